The van der Waals surface area contributed by atoms with Gasteiger partial charge < -0.3 is 4.74 Å². The van der Waals surface area contributed by atoms with Gasteiger partial charge in [-0.1, -0.05) is 6.92 Å². The van der Waals surface area contributed by atoms with Gasteiger partial charge in [0.1, 0.15) is 5.76 Å². The lowest BCUT2D eigenvalue weighted by molar-refractivity contribution is -0.136. The molecule has 2 nitrogen and oxygen atoms in total. The van der Waals surface area contributed by atoms with Gasteiger partial charge in [-0.3, -0.25) is 4.79 Å². The van der Waals surface area contributed by atoms with Gasteiger partial charge in [0.25, 0.3) is 0 Å². The van der Waals surface area contributed by atoms with Crippen LogP contribution in [0.5, 0.6) is 0 Å². The zero-order chi connectivity index (χ0) is 6.85. The minimum absolute atomic E-state index is 0.107. The molecule has 9 heavy (non-hydrogen) atoms. The fourth-order valence-electron chi connectivity index (χ4n) is 0.952. The molecular formula is C7H10O2. The Labute approximate surface area is 54.5 Å². The smallest absolute Gasteiger partial charge is 0.315 e. The van der Waals surface area contributed by atoms with E-state index in [-0.39, 0.29) is 5.97 Å². The average Bonchev–Trinajstić information content (AvgIpc) is 2.10. The normalized spacial score (nSPS) is 18.7. The van der Waals surface area contributed by atoms with E-state index < -0.39 is 0 Å². The number of esters is 1. The van der Waals surface area contributed by atoms with Crippen LogP contribution >= 0.6 is 0 Å². The van der Waals surface area contributed by atoms with Gasteiger partial charge in [0, 0.05) is 0 Å². The van der Waals surface area contributed by atoms with Crippen LogP contribution in [-0.4, -0.2) is 5.97 Å². The Morgan fingerprint density at radius 2 is 2.33 bits per heavy atom. The Bertz CT molecular complexity index is 168. The molecule has 1 heterocycles. The Morgan fingerprint density at radius 3 is 2.56 bits per heavy atom. The first-order chi connectivity index (χ1) is 4.24. The monoisotopic (exact) mass is 126 g/mol. The maximum absolute atomic E-state index is 10.6. The summed E-state index contributed by atoms with van der Waals surface area (Å²) in [5.74, 6) is 0.701. The Balaban J connectivity index is 2.69. The summed E-state index contributed by atoms with van der Waals surface area (Å²) >= 11 is 0. The van der Waals surface area contributed by atoms with E-state index in [0.29, 0.717) is 6.42 Å². The zero-order valence-corrected chi connectivity index (χ0v) is 5.73. The second-order valence-electron chi connectivity index (χ2n) is 2.16. The van der Waals surface area contributed by atoms with Gasteiger partial charge in [-0.2, -0.15) is 0 Å². The number of cyclic esters (lactones) is 1. The quantitative estimate of drug-likeness (QED) is 0.499. The highest BCUT2D eigenvalue weighted by Crippen LogP contribution is 2.21. The second-order valence-corrected chi connectivity index (χ2v) is 2.16. The van der Waals surface area contributed by atoms with E-state index in [1.807, 2.05) is 13.8 Å². The molecule has 0 N–H and O–H groups in total. The van der Waals surface area contributed by atoms with Crippen molar-refractivity contribution in [3.05, 3.63) is 11.3 Å². The Morgan fingerprint density at radius 1 is 1.67 bits per heavy atom. The molecule has 2 heteroatoms. The van der Waals surface area contributed by atoms with E-state index in [0.717, 1.165) is 17.8 Å². The van der Waals surface area contributed by atoms with Gasteiger partial charge in [0.2, 0.25) is 0 Å². The van der Waals surface area contributed by atoms with Crippen molar-refractivity contribution >= 4 is 5.97 Å². The predicted molar refractivity (Wildman–Crippen MR) is 33.7 cm³/mol. The van der Waals surface area contributed by atoms with Crippen LogP contribution in [0.25, 0.3) is 0 Å². The van der Waals surface area contributed by atoms with Crippen LogP contribution in [0.4, 0.5) is 0 Å². The first-order valence-electron chi connectivity index (χ1n) is 3.13. The van der Waals surface area contributed by atoms with Crippen molar-refractivity contribution in [1.29, 1.82) is 0 Å². The highest BCUT2D eigenvalue weighted by Gasteiger charge is 2.17. The van der Waals surface area contributed by atoms with E-state index in [4.69, 9.17) is 4.74 Å². The summed E-state index contributed by atoms with van der Waals surface area (Å²) in [4.78, 5) is 10.6. The number of carbonyl (C=O) groups excluding carboxylic acids is 1. The molecule has 1 aliphatic rings. The van der Waals surface area contributed by atoms with Crippen LogP contribution in [0.15, 0.2) is 11.3 Å². The summed E-state index contributed by atoms with van der Waals surface area (Å²) in [6.07, 6.45) is 1.43. The maximum atomic E-state index is 10.6. The number of allylic oxidation sites excluding steroid dienone is 1. The van der Waals surface area contributed by atoms with Gasteiger partial charge in [0.05, 0.1) is 6.42 Å². The van der Waals surface area contributed by atoms with Crippen molar-refractivity contribution in [2.45, 2.75) is 26.7 Å². The zero-order valence-electron chi connectivity index (χ0n) is 5.73. The number of carbonyl (C=O) groups is 1. The molecule has 0 unspecified atom stereocenters. The van der Waals surface area contributed by atoms with E-state index >= 15 is 0 Å². The summed E-state index contributed by atoms with van der Waals surface area (Å²) in [5.41, 5.74) is 1.14. The minimum Gasteiger partial charge on any atom is -0.431 e. The molecule has 0 amide bonds. The van der Waals surface area contributed by atoms with Gasteiger partial charge in [0.15, 0.2) is 0 Å². The summed E-state index contributed by atoms with van der Waals surface area (Å²) in [6, 6.07) is 0. The molecule has 0 bridgehead atoms. The van der Waals surface area contributed by atoms with Crippen LogP contribution in [0.3, 0.4) is 0 Å². The Kier molecular flexibility index (Phi) is 1.56. The van der Waals surface area contributed by atoms with E-state index in [2.05, 4.69) is 0 Å². The molecule has 0 aromatic heterocycles. The lowest BCUT2D eigenvalue weighted by Gasteiger charge is -1.91. The maximum Gasteiger partial charge on any atom is 0.315 e. The predicted octanol–water partition coefficient (Wildman–Crippen LogP) is 1.62. The van der Waals surface area contributed by atoms with E-state index in [9.17, 15) is 4.79 Å². The molecule has 0 aromatic carbocycles. The van der Waals surface area contributed by atoms with E-state index in [1.54, 1.807) is 0 Å². The van der Waals surface area contributed by atoms with Crippen LogP contribution in [0.2, 0.25) is 0 Å². The number of hydrogen-bond acceptors (Lipinski definition) is 2. The Hall–Kier alpha value is -0.790. The number of rotatable bonds is 1. The molecular weight excluding hydrogens is 116 g/mol. The first kappa shape index (κ1) is 6.33. The van der Waals surface area contributed by atoms with Crippen molar-refractivity contribution in [3.8, 4) is 0 Å². The highest BCUT2D eigenvalue weighted by molar-refractivity contribution is 5.76. The molecule has 50 valence electrons. The molecule has 0 aromatic rings. The van der Waals surface area contributed by atoms with Crippen LogP contribution in [0.1, 0.15) is 26.7 Å². The number of ether oxygens (including phenoxy) is 1. The lowest BCUT2D eigenvalue weighted by Crippen LogP contribution is -1.91. The minimum atomic E-state index is -0.107. The first-order valence-corrected chi connectivity index (χ1v) is 3.13. The highest BCUT2D eigenvalue weighted by atomic mass is 16.5. The van der Waals surface area contributed by atoms with E-state index in [1.165, 1.54) is 0 Å². The molecule has 0 saturated carbocycles. The standard InChI is InChI=1S/C7H10O2/c1-3-6-4-7(8)9-5(6)2/h3-4H2,1-2H3. The van der Waals surface area contributed by atoms with Crippen molar-refractivity contribution < 1.29 is 9.53 Å². The topological polar surface area (TPSA) is 26.3 Å². The summed E-state index contributed by atoms with van der Waals surface area (Å²) in [7, 11) is 0. The SMILES string of the molecule is CCC1=C(C)OC(=O)C1. The molecule has 0 spiro atoms. The van der Waals surface area contributed by atoms with Crippen LogP contribution in [-0.2, 0) is 9.53 Å². The lowest BCUT2D eigenvalue weighted by atomic mass is 10.1. The third-order valence-corrected chi connectivity index (χ3v) is 1.55. The fraction of sp³-hybridized carbons (Fsp3) is 0.571. The summed E-state index contributed by atoms with van der Waals surface area (Å²) in [6.45, 7) is 3.87. The van der Waals surface area contributed by atoms with Crippen LogP contribution in [0, 0.1) is 0 Å². The average molecular weight is 126 g/mol. The fourth-order valence-corrected chi connectivity index (χ4v) is 0.952. The largest absolute Gasteiger partial charge is 0.431 e. The van der Waals surface area contributed by atoms with Gasteiger partial charge in [-0.15, -0.1) is 0 Å². The second kappa shape index (κ2) is 2.21. The molecule has 0 aliphatic carbocycles. The summed E-state index contributed by atoms with van der Waals surface area (Å²) < 4.78 is 4.81. The van der Waals surface area contributed by atoms with Crippen molar-refractivity contribution in [3.63, 3.8) is 0 Å². The number of hydrogen-bond donors (Lipinski definition) is 0. The third kappa shape index (κ3) is 1.12. The molecule has 0 fully saturated rings. The summed E-state index contributed by atoms with van der Waals surface area (Å²) in [5, 5.41) is 0. The molecule has 0 atom stereocenters. The van der Waals surface area contributed by atoms with Gasteiger partial charge >= 0.3 is 5.97 Å². The van der Waals surface area contributed by atoms with Crippen molar-refractivity contribution in [1.82, 2.24) is 0 Å². The molecule has 0 radical (unpaired) electrons. The van der Waals surface area contributed by atoms with Crippen molar-refractivity contribution in [2.24, 2.45) is 0 Å². The third-order valence-electron chi connectivity index (χ3n) is 1.55. The molecule has 1 rings (SSSR count). The van der Waals surface area contributed by atoms with Gasteiger partial charge in [-0.05, 0) is 18.9 Å². The van der Waals surface area contributed by atoms with Crippen molar-refractivity contribution in [2.75, 3.05) is 0 Å². The molecule has 1 aliphatic heterocycles. The van der Waals surface area contributed by atoms with Crippen LogP contribution < -0.4 is 0 Å². The van der Waals surface area contributed by atoms with Gasteiger partial charge in [-0.25, -0.2) is 0 Å². The molecule has 0 saturated heterocycles.